The van der Waals surface area contributed by atoms with Crippen LogP contribution in [0.25, 0.3) is 11.1 Å². The van der Waals surface area contributed by atoms with E-state index in [-0.39, 0.29) is 22.9 Å². The highest BCUT2D eigenvalue weighted by Gasteiger charge is 2.32. The van der Waals surface area contributed by atoms with Crippen LogP contribution in [0.1, 0.15) is 46.0 Å². The van der Waals surface area contributed by atoms with Crippen LogP contribution < -0.4 is 5.76 Å². The second kappa shape index (κ2) is 8.78. The molecule has 170 valence electrons. The fraction of sp³-hybridized carbons (Fsp3) is 0.636. The smallest absolute Gasteiger partial charge is 0.408 e. The van der Waals surface area contributed by atoms with Gasteiger partial charge in [-0.15, -0.1) is 0 Å². The minimum absolute atomic E-state index is 0.0981. The van der Waals surface area contributed by atoms with Crippen LogP contribution in [0.2, 0.25) is 0 Å². The molecule has 9 heteroatoms. The van der Waals surface area contributed by atoms with E-state index in [1.54, 1.807) is 11.0 Å². The van der Waals surface area contributed by atoms with E-state index in [2.05, 4.69) is 13.8 Å². The number of sulfonamides is 1. The van der Waals surface area contributed by atoms with Crippen molar-refractivity contribution in [3.05, 3.63) is 28.7 Å². The van der Waals surface area contributed by atoms with Gasteiger partial charge in [0.15, 0.2) is 5.58 Å². The molecule has 0 bridgehead atoms. The number of nitrogens with zero attached hydrogens (tertiary/aromatic N) is 3. The third kappa shape index (κ3) is 4.57. The predicted molar refractivity (Wildman–Crippen MR) is 117 cm³/mol. The highest BCUT2D eigenvalue weighted by atomic mass is 32.2. The van der Waals surface area contributed by atoms with E-state index in [4.69, 9.17) is 4.42 Å². The van der Waals surface area contributed by atoms with Gasteiger partial charge in [-0.05, 0) is 43.2 Å². The largest absolute Gasteiger partial charge is 0.420 e. The monoisotopic (exact) mass is 449 g/mol. The van der Waals surface area contributed by atoms with Crippen LogP contribution in [0.5, 0.6) is 0 Å². The summed E-state index contributed by atoms with van der Waals surface area (Å²) in [4.78, 5) is 27.1. The van der Waals surface area contributed by atoms with Gasteiger partial charge in [0.2, 0.25) is 15.9 Å². The normalized spacial score (nSPS) is 23.7. The van der Waals surface area contributed by atoms with Crippen LogP contribution in [-0.4, -0.2) is 54.3 Å². The summed E-state index contributed by atoms with van der Waals surface area (Å²) in [7, 11) is -3.68. The van der Waals surface area contributed by atoms with Gasteiger partial charge in [-0.25, -0.2) is 13.2 Å². The standard InChI is InChI=1S/C22H31N3O5S/c1-16-11-17(2)14-24(13-16)31(28,29)18-7-8-19-20(12-18)30-22(27)25(19)15-21(26)23-9-5-3-4-6-10-23/h7-8,12,16-17H,3-6,9-11,13-15H2,1-2H3/t16-,17-/m1/s1. The molecule has 2 atom stereocenters. The average Bonchev–Trinajstić information content (AvgIpc) is 2.88. The van der Waals surface area contributed by atoms with Crippen molar-refractivity contribution in [1.29, 1.82) is 0 Å². The number of amides is 1. The maximum absolute atomic E-state index is 13.2. The summed E-state index contributed by atoms with van der Waals surface area (Å²) in [6, 6.07) is 4.48. The molecule has 2 aliphatic heterocycles. The minimum Gasteiger partial charge on any atom is -0.408 e. The van der Waals surface area contributed by atoms with E-state index in [1.165, 1.54) is 21.0 Å². The summed E-state index contributed by atoms with van der Waals surface area (Å²) in [6.45, 7) is 6.40. The molecular weight excluding hydrogens is 418 g/mol. The number of carbonyl (C=O) groups excluding carboxylic acids is 1. The molecule has 2 aliphatic rings. The second-order valence-corrected chi connectivity index (χ2v) is 11.1. The van der Waals surface area contributed by atoms with Crippen molar-refractivity contribution in [1.82, 2.24) is 13.8 Å². The third-order valence-electron chi connectivity index (χ3n) is 6.36. The molecule has 2 aromatic rings. The molecule has 31 heavy (non-hydrogen) atoms. The Hall–Kier alpha value is -2.13. The van der Waals surface area contributed by atoms with Crippen molar-refractivity contribution in [3.63, 3.8) is 0 Å². The van der Waals surface area contributed by atoms with E-state index < -0.39 is 15.8 Å². The van der Waals surface area contributed by atoms with Crippen LogP contribution >= 0.6 is 0 Å². The molecule has 1 aromatic carbocycles. The first-order valence-corrected chi connectivity index (χ1v) is 12.6. The number of piperidine rings is 1. The van der Waals surface area contributed by atoms with Crippen LogP contribution in [0.15, 0.2) is 32.3 Å². The Balaban J connectivity index is 1.60. The molecule has 0 saturated carbocycles. The molecule has 4 rings (SSSR count). The van der Waals surface area contributed by atoms with Gasteiger partial charge in [-0.3, -0.25) is 9.36 Å². The SMILES string of the molecule is C[C@@H]1C[C@@H](C)CN(S(=O)(=O)c2ccc3c(c2)oc(=O)n3CC(=O)N2CCCCCC2)C1. The lowest BCUT2D eigenvalue weighted by Gasteiger charge is -2.34. The summed E-state index contributed by atoms with van der Waals surface area (Å²) in [5, 5.41) is 0. The molecule has 2 fully saturated rings. The van der Waals surface area contributed by atoms with Gasteiger partial charge in [0.25, 0.3) is 0 Å². The molecule has 8 nitrogen and oxygen atoms in total. The number of fused-ring (bicyclic) bond motifs is 1. The molecular formula is C22H31N3O5S. The summed E-state index contributed by atoms with van der Waals surface area (Å²) in [5.74, 6) is -0.162. The molecule has 1 amide bonds. The molecule has 0 radical (unpaired) electrons. The lowest BCUT2D eigenvalue weighted by Crippen LogP contribution is -2.42. The van der Waals surface area contributed by atoms with Crippen LogP contribution in [-0.2, 0) is 21.4 Å². The zero-order valence-corrected chi connectivity index (χ0v) is 19.1. The van der Waals surface area contributed by atoms with Gasteiger partial charge in [-0.2, -0.15) is 4.31 Å². The summed E-state index contributed by atoms with van der Waals surface area (Å²) in [5.41, 5.74) is 0.625. The van der Waals surface area contributed by atoms with Crippen molar-refractivity contribution in [2.75, 3.05) is 26.2 Å². The lowest BCUT2D eigenvalue weighted by molar-refractivity contribution is -0.131. The van der Waals surface area contributed by atoms with E-state index in [1.807, 2.05) is 0 Å². The van der Waals surface area contributed by atoms with Gasteiger partial charge < -0.3 is 9.32 Å². The Kier molecular flexibility index (Phi) is 6.25. The summed E-state index contributed by atoms with van der Waals surface area (Å²) in [6.07, 6.45) is 5.19. The Bertz CT molecular complexity index is 1100. The van der Waals surface area contributed by atoms with E-state index in [9.17, 15) is 18.0 Å². The number of hydrogen-bond acceptors (Lipinski definition) is 5. The van der Waals surface area contributed by atoms with Crippen molar-refractivity contribution in [2.45, 2.75) is 57.4 Å². The molecule has 0 aliphatic carbocycles. The van der Waals surface area contributed by atoms with Crippen LogP contribution in [0.4, 0.5) is 0 Å². The van der Waals surface area contributed by atoms with Crippen molar-refractivity contribution < 1.29 is 17.6 Å². The summed E-state index contributed by atoms with van der Waals surface area (Å²) < 4.78 is 34.5. The molecule has 0 unspecified atom stereocenters. The first-order chi connectivity index (χ1) is 14.8. The van der Waals surface area contributed by atoms with Gasteiger partial charge in [0, 0.05) is 32.2 Å². The van der Waals surface area contributed by atoms with Crippen molar-refractivity contribution in [3.8, 4) is 0 Å². The number of benzene rings is 1. The topological polar surface area (TPSA) is 92.8 Å². The number of likely N-dealkylation sites (tertiary alicyclic amines) is 1. The van der Waals surface area contributed by atoms with E-state index in [0.29, 0.717) is 43.5 Å². The minimum atomic E-state index is -3.68. The zero-order chi connectivity index (χ0) is 22.2. The molecule has 1 aromatic heterocycles. The van der Waals surface area contributed by atoms with E-state index >= 15 is 0 Å². The van der Waals surface area contributed by atoms with Crippen LogP contribution in [0, 0.1) is 11.8 Å². The maximum Gasteiger partial charge on any atom is 0.420 e. The zero-order valence-electron chi connectivity index (χ0n) is 18.2. The number of rotatable bonds is 4. The number of carbonyl (C=O) groups is 1. The van der Waals surface area contributed by atoms with Gasteiger partial charge in [0.1, 0.15) is 6.54 Å². The van der Waals surface area contributed by atoms with Crippen molar-refractivity contribution >= 4 is 27.0 Å². The third-order valence-corrected chi connectivity index (χ3v) is 8.19. The van der Waals surface area contributed by atoms with Gasteiger partial charge in [-0.1, -0.05) is 26.7 Å². The first kappa shape index (κ1) is 22.1. The fourth-order valence-electron chi connectivity index (χ4n) is 4.86. The first-order valence-electron chi connectivity index (χ1n) is 11.2. The summed E-state index contributed by atoms with van der Waals surface area (Å²) >= 11 is 0. The molecule has 3 heterocycles. The predicted octanol–water partition coefficient (Wildman–Crippen LogP) is 2.66. The average molecular weight is 450 g/mol. The molecule has 2 saturated heterocycles. The van der Waals surface area contributed by atoms with Crippen molar-refractivity contribution in [2.24, 2.45) is 11.8 Å². The quantitative estimate of drug-likeness (QED) is 0.715. The Morgan fingerprint density at radius 2 is 1.71 bits per heavy atom. The Morgan fingerprint density at radius 3 is 2.35 bits per heavy atom. The lowest BCUT2D eigenvalue weighted by atomic mass is 9.94. The molecule has 0 spiro atoms. The number of aromatic nitrogens is 1. The number of oxazole rings is 1. The fourth-order valence-corrected chi connectivity index (χ4v) is 6.56. The van der Waals surface area contributed by atoms with Gasteiger partial charge >= 0.3 is 5.76 Å². The molecule has 0 N–H and O–H groups in total. The highest BCUT2D eigenvalue weighted by Crippen LogP contribution is 2.28. The van der Waals surface area contributed by atoms with E-state index in [0.717, 1.165) is 32.1 Å². The van der Waals surface area contributed by atoms with Gasteiger partial charge in [0.05, 0.1) is 10.4 Å². The Labute approximate surface area is 182 Å². The highest BCUT2D eigenvalue weighted by molar-refractivity contribution is 7.89. The van der Waals surface area contributed by atoms with Crippen LogP contribution in [0.3, 0.4) is 0 Å². The second-order valence-electron chi connectivity index (χ2n) is 9.15. The Morgan fingerprint density at radius 1 is 1.06 bits per heavy atom. The maximum atomic E-state index is 13.2. The number of hydrogen-bond donors (Lipinski definition) is 0.